The van der Waals surface area contributed by atoms with Crippen LogP contribution in [-0.4, -0.2) is 23.1 Å². The second-order valence-corrected chi connectivity index (χ2v) is 5.23. The highest BCUT2D eigenvalue weighted by Crippen LogP contribution is 2.28. The van der Waals surface area contributed by atoms with Crippen molar-refractivity contribution < 1.29 is 13.9 Å². The molecule has 1 saturated heterocycles. The van der Waals surface area contributed by atoms with Gasteiger partial charge in [0.25, 0.3) is 0 Å². The SMILES string of the molecule is CCC(C)C1OC(=O)N(Cc2ccc(F)cc2)[C@@H]1C. The predicted molar refractivity (Wildman–Crippen MR) is 71.1 cm³/mol. The monoisotopic (exact) mass is 265 g/mol. The molecule has 2 rings (SSSR count). The van der Waals surface area contributed by atoms with Gasteiger partial charge in [-0.15, -0.1) is 0 Å². The number of carbonyl (C=O) groups excluding carboxylic acids is 1. The zero-order valence-corrected chi connectivity index (χ0v) is 11.6. The number of cyclic esters (lactones) is 1. The Labute approximate surface area is 113 Å². The lowest BCUT2D eigenvalue weighted by Crippen LogP contribution is -2.36. The molecule has 0 N–H and O–H groups in total. The summed E-state index contributed by atoms with van der Waals surface area (Å²) in [6.45, 7) is 6.65. The summed E-state index contributed by atoms with van der Waals surface area (Å²) in [5.74, 6) is 0.0791. The van der Waals surface area contributed by atoms with E-state index in [0.717, 1.165) is 12.0 Å². The fourth-order valence-electron chi connectivity index (χ4n) is 2.45. The number of hydrogen-bond donors (Lipinski definition) is 0. The van der Waals surface area contributed by atoms with E-state index in [2.05, 4.69) is 13.8 Å². The maximum Gasteiger partial charge on any atom is 0.410 e. The topological polar surface area (TPSA) is 29.5 Å². The largest absolute Gasteiger partial charge is 0.444 e. The van der Waals surface area contributed by atoms with Crippen molar-refractivity contribution in [1.82, 2.24) is 4.90 Å². The zero-order valence-electron chi connectivity index (χ0n) is 11.6. The molecule has 1 heterocycles. The number of carbonyl (C=O) groups is 1. The van der Waals surface area contributed by atoms with E-state index in [0.29, 0.717) is 12.5 Å². The minimum Gasteiger partial charge on any atom is -0.444 e. The molecule has 1 fully saturated rings. The summed E-state index contributed by atoms with van der Waals surface area (Å²) >= 11 is 0. The normalized spacial score (nSPS) is 24.4. The summed E-state index contributed by atoms with van der Waals surface area (Å²) in [6, 6.07) is 6.27. The smallest absolute Gasteiger partial charge is 0.410 e. The van der Waals surface area contributed by atoms with E-state index >= 15 is 0 Å². The highest BCUT2D eigenvalue weighted by molar-refractivity contribution is 5.70. The number of benzene rings is 1. The van der Waals surface area contributed by atoms with Crippen molar-refractivity contribution in [2.75, 3.05) is 0 Å². The molecule has 0 bridgehead atoms. The number of nitrogens with zero attached hydrogens (tertiary/aromatic N) is 1. The minimum atomic E-state index is -0.276. The van der Waals surface area contributed by atoms with E-state index in [1.165, 1.54) is 12.1 Å². The van der Waals surface area contributed by atoms with Gasteiger partial charge in [-0.3, -0.25) is 4.90 Å². The van der Waals surface area contributed by atoms with Crippen molar-refractivity contribution >= 4 is 6.09 Å². The van der Waals surface area contributed by atoms with Gasteiger partial charge in [0, 0.05) is 6.54 Å². The summed E-state index contributed by atoms with van der Waals surface area (Å²) in [6.07, 6.45) is 0.646. The summed E-state index contributed by atoms with van der Waals surface area (Å²) < 4.78 is 18.3. The van der Waals surface area contributed by atoms with E-state index in [4.69, 9.17) is 4.74 Å². The van der Waals surface area contributed by atoms with Crippen LogP contribution in [-0.2, 0) is 11.3 Å². The number of halogens is 1. The van der Waals surface area contributed by atoms with E-state index in [1.54, 1.807) is 17.0 Å². The Bertz CT molecular complexity index is 446. The van der Waals surface area contributed by atoms with Crippen LogP contribution < -0.4 is 0 Å². The maximum absolute atomic E-state index is 12.9. The quantitative estimate of drug-likeness (QED) is 0.832. The van der Waals surface area contributed by atoms with Crippen molar-refractivity contribution in [1.29, 1.82) is 0 Å². The molecule has 3 atom stereocenters. The number of rotatable bonds is 4. The second-order valence-electron chi connectivity index (χ2n) is 5.23. The Balaban J connectivity index is 2.08. The van der Waals surface area contributed by atoms with Crippen LogP contribution in [0.25, 0.3) is 0 Å². The molecule has 0 radical (unpaired) electrons. The van der Waals surface area contributed by atoms with Gasteiger partial charge in [0.05, 0.1) is 6.04 Å². The van der Waals surface area contributed by atoms with Crippen LogP contribution in [0.3, 0.4) is 0 Å². The highest BCUT2D eigenvalue weighted by atomic mass is 19.1. The average Bonchev–Trinajstić information content (AvgIpc) is 2.68. The Kier molecular flexibility index (Phi) is 4.08. The molecular formula is C15H20FNO2. The van der Waals surface area contributed by atoms with Gasteiger partial charge in [-0.25, -0.2) is 9.18 Å². The van der Waals surface area contributed by atoms with Crippen LogP contribution >= 0.6 is 0 Å². The lowest BCUT2D eigenvalue weighted by molar-refractivity contribution is 0.0975. The summed E-state index contributed by atoms with van der Waals surface area (Å²) in [7, 11) is 0. The predicted octanol–water partition coefficient (Wildman–Crippen LogP) is 3.58. The fourth-order valence-corrected chi connectivity index (χ4v) is 2.45. The van der Waals surface area contributed by atoms with Gasteiger partial charge >= 0.3 is 6.09 Å². The highest BCUT2D eigenvalue weighted by Gasteiger charge is 2.40. The molecule has 1 aromatic rings. The van der Waals surface area contributed by atoms with Crippen molar-refractivity contribution in [3.05, 3.63) is 35.6 Å². The van der Waals surface area contributed by atoms with Gasteiger partial charge in [0.1, 0.15) is 11.9 Å². The molecule has 4 heteroatoms. The van der Waals surface area contributed by atoms with Gasteiger partial charge in [0.2, 0.25) is 0 Å². The van der Waals surface area contributed by atoms with Crippen LogP contribution in [0.4, 0.5) is 9.18 Å². The van der Waals surface area contributed by atoms with Gasteiger partial charge in [-0.05, 0) is 37.0 Å². The summed E-state index contributed by atoms with van der Waals surface area (Å²) in [4.78, 5) is 13.6. The average molecular weight is 265 g/mol. The van der Waals surface area contributed by atoms with Crippen LogP contribution in [0, 0.1) is 11.7 Å². The fraction of sp³-hybridized carbons (Fsp3) is 0.533. The first-order valence-corrected chi connectivity index (χ1v) is 6.74. The molecule has 3 nitrogen and oxygen atoms in total. The van der Waals surface area contributed by atoms with Crippen LogP contribution in [0.1, 0.15) is 32.8 Å². The Morgan fingerprint density at radius 2 is 2.00 bits per heavy atom. The standard InChI is InChI=1S/C15H20FNO2/c1-4-10(2)14-11(3)17(15(18)19-14)9-12-5-7-13(16)8-6-12/h5-8,10-11,14H,4,9H2,1-3H3/t10?,11-,14?/m1/s1. The van der Waals surface area contributed by atoms with Crippen LogP contribution in [0.5, 0.6) is 0 Å². The van der Waals surface area contributed by atoms with Crippen LogP contribution in [0.15, 0.2) is 24.3 Å². The van der Waals surface area contributed by atoms with Gasteiger partial charge in [-0.2, -0.15) is 0 Å². The Morgan fingerprint density at radius 1 is 1.37 bits per heavy atom. The third-order valence-corrected chi connectivity index (χ3v) is 3.91. The molecule has 1 aliphatic rings. The van der Waals surface area contributed by atoms with Gasteiger partial charge in [-0.1, -0.05) is 26.0 Å². The van der Waals surface area contributed by atoms with Crippen molar-refractivity contribution in [2.45, 2.75) is 45.9 Å². The molecule has 19 heavy (non-hydrogen) atoms. The molecule has 2 unspecified atom stereocenters. The number of amides is 1. The first kappa shape index (κ1) is 13.8. The molecule has 104 valence electrons. The summed E-state index contributed by atoms with van der Waals surface area (Å²) in [5, 5.41) is 0. The van der Waals surface area contributed by atoms with Crippen molar-refractivity contribution in [2.24, 2.45) is 5.92 Å². The lowest BCUT2D eigenvalue weighted by Gasteiger charge is -2.23. The van der Waals surface area contributed by atoms with Crippen molar-refractivity contribution in [3.63, 3.8) is 0 Å². The third kappa shape index (κ3) is 2.88. The molecule has 1 amide bonds. The molecule has 0 spiro atoms. The molecular weight excluding hydrogens is 245 g/mol. The first-order valence-electron chi connectivity index (χ1n) is 6.74. The second kappa shape index (κ2) is 5.59. The van der Waals surface area contributed by atoms with E-state index in [9.17, 15) is 9.18 Å². The molecule has 0 saturated carbocycles. The minimum absolute atomic E-state index is 0.0486. The molecule has 1 aromatic carbocycles. The summed E-state index contributed by atoms with van der Waals surface area (Å²) in [5.41, 5.74) is 0.912. The van der Waals surface area contributed by atoms with E-state index in [1.807, 2.05) is 6.92 Å². The number of ether oxygens (including phenoxy) is 1. The lowest BCUT2D eigenvalue weighted by atomic mass is 9.96. The van der Waals surface area contributed by atoms with Crippen molar-refractivity contribution in [3.8, 4) is 0 Å². The van der Waals surface area contributed by atoms with Gasteiger partial charge < -0.3 is 4.74 Å². The zero-order chi connectivity index (χ0) is 14.0. The third-order valence-electron chi connectivity index (χ3n) is 3.91. The maximum atomic E-state index is 12.9. The molecule has 1 aliphatic heterocycles. The van der Waals surface area contributed by atoms with Gasteiger partial charge in [0.15, 0.2) is 0 Å². The van der Waals surface area contributed by atoms with E-state index < -0.39 is 0 Å². The Hall–Kier alpha value is -1.58. The van der Waals surface area contributed by atoms with E-state index in [-0.39, 0.29) is 24.1 Å². The number of hydrogen-bond acceptors (Lipinski definition) is 2. The molecule has 0 aromatic heterocycles. The Morgan fingerprint density at radius 3 is 2.58 bits per heavy atom. The van der Waals surface area contributed by atoms with Crippen LogP contribution in [0.2, 0.25) is 0 Å². The first-order chi connectivity index (χ1) is 9.02. The molecule has 0 aliphatic carbocycles.